The van der Waals surface area contributed by atoms with Gasteiger partial charge in [0.05, 0.1) is 5.60 Å². The molecule has 5 nitrogen and oxygen atoms in total. The number of nitrogens with zero attached hydrogens (tertiary/aromatic N) is 2. The summed E-state index contributed by atoms with van der Waals surface area (Å²) < 4.78 is 11.5. The molecule has 0 radical (unpaired) electrons. The molecule has 3 rings (SSSR count). The zero-order valence-corrected chi connectivity index (χ0v) is 15.4. The minimum absolute atomic E-state index is 0.122. The largest absolute Gasteiger partial charge is 0.492 e. The highest BCUT2D eigenvalue weighted by molar-refractivity contribution is 5.79. The lowest BCUT2D eigenvalue weighted by Gasteiger charge is -2.40. The van der Waals surface area contributed by atoms with Crippen molar-refractivity contribution < 1.29 is 14.3 Å². The summed E-state index contributed by atoms with van der Waals surface area (Å²) in [6, 6.07) is 9.91. The van der Waals surface area contributed by atoms with Gasteiger partial charge in [-0.25, -0.2) is 0 Å². The molecule has 5 heteroatoms. The number of ether oxygens (including phenoxy) is 2. The quantitative estimate of drug-likeness (QED) is 0.821. The lowest BCUT2D eigenvalue weighted by Crippen LogP contribution is -2.52. The molecule has 1 aromatic rings. The Balaban J connectivity index is 1.39. The molecule has 1 amide bonds. The molecule has 0 N–H and O–H groups in total. The summed E-state index contributed by atoms with van der Waals surface area (Å²) in [5, 5.41) is 0. The Hall–Kier alpha value is -1.59. The molecular weight excluding hydrogens is 316 g/mol. The van der Waals surface area contributed by atoms with E-state index in [0.717, 1.165) is 51.3 Å². The maximum Gasteiger partial charge on any atom is 0.225 e. The van der Waals surface area contributed by atoms with Crippen molar-refractivity contribution in [3.05, 3.63) is 30.3 Å². The van der Waals surface area contributed by atoms with Crippen LogP contribution < -0.4 is 4.74 Å². The van der Waals surface area contributed by atoms with Crippen LogP contribution in [0.4, 0.5) is 0 Å². The van der Waals surface area contributed by atoms with Gasteiger partial charge >= 0.3 is 0 Å². The predicted octanol–water partition coefficient (Wildman–Crippen LogP) is 2.41. The third-order valence-corrected chi connectivity index (χ3v) is 5.15. The molecule has 1 aromatic carbocycles. The number of amides is 1. The van der Waals surface area contributed by atoms with Gasteiger partial charge in [0, 0.05) is 45.2 Å². The molecule has 138 valence electrons. The number of rotatable bonds is 5. The monoisotopic (exact) mass is 346 g/mol. The minimum atomic E-state index is -0.171. The van der Waals surface area contributed by atoms with Crippen molar-refractivity contribution in [1.82, 2.24) is 9.80 Å². The maximum absolute atomic E-state index is 12.8. The molecule has 0 saturated carbocycles. The number of para-hydroxylation sites is 1. The molecule has 2 aliphatic heterocycles. The number of hydrogen-bond acceptors (Lipinski definition) is 4. The van der Waals surface area contributed by atoms with Crippen LogP contribution in [0.5, 0.6) is 5.75 Å². The van der Waals surface area contributed by atoms with Crippen LogP contribution in [-0.4, -0.2) is 67.2 Å². The normalized spacial score (nSPS) is 24.1. The first kappa shape index (κ1) is 18.2. The fourth-order valence-corrected chi connectivity index (χ4v) is 3.70. The maximum atomic E-state index is 12.8. The molecule has 0 aromatic heterocycles. The van der Waals surface area contributed by atoms with Gasteiger partial charge in [0.2, 0.25) is 5.91 Å². The number of benzene rings is 1. The molecule has 0 aliphatic carbocycles. The topological polar surface area (TPSA) is 42.0 Å². The van der Waals surface area contributed by atoms with Crippen LogP contribution in [0.1, 0.15) is 26.7 Å². The van der Waals surface area contributed by atoms with E-state index in [2.05, 4.69) is 18.7 Å². The summed E-state index contributed by atoms with van der Waals surface area (Å²) in [5.41, 5.74) is -0.171. The fourth-order valence-electron chi connectivity index (χ4n) is 3.70. The van der Waals surface area contributed by atoms with Crippen LogP contribution in [0, 0.1) is 5.92 Å². The molecule has 0 unspecified atom stereocenters. The van der Waals surface area contributed by atoms with E-state index in [1.807, 2.05) is 35.2 Å². The minimum Gasteiger partial charge on any atom is -0.492 e. The van der Waals surface area contributed by atoms with Crippen molar-refractivity contribution in [2.45, 2.75) is 32.3 Å². The van der Waals surface area contributed by atoms with E-state index < -0.39 is 0 Å². The molecule has 25 heavy (non-hydrogen) atoms. The number of piperazine rings is 1. The molecule has 1 atom stereocenters. The van der Waals surface area contributed by atoms with Gasteiger partial charge in [-0.05, 0) is 38.8 Å². The van der Waals surface area contributed by atoms with E-state index in [4.69, 9.17) is 9.47 Å². The summed E-state index contributed by atoms with van der Waals surface area (Å²) in [6.45, 7) is 9.94. The Bertz CT molecular complexity index is 553. The summed E-state index contributed by atoms with van der Waals surface area (Å²) in [4.78, 5) is 17.2. The SMILES string of the molecule is CC1(C)C[C@H](C(=O)N2CCN(CCOc3ccccc3)CC2)CCO1. The van der Waals surface area contributed by atoms with Gasteiger partial charge in [-0.2, -0.15) is 0 Å². The van der Waals surface area contributed by atoms with Gasteiger partial charge < -0.3 is 14.4 Å². The van der Waals surface area contributed by atoms with Crippen molar-refractivity contribution in [2.75, 3.05) is 45.9 Å². The predicted molar refractivity (Wildman–Crippen MR) is 97.7 cm³/mol. The first-order valence-corrected chi connectivity index (χ1v) is 9.36. The standard InChI is InChI=1S/C20H30N2O3/c1-20(2)16-17(8-14-25-20)19(23)22-11-9-21(10-12-22)13-15-24-18-6-4-3-5-7-18/h3-7,17H,8-16H2,1-2H3/t17-/m1/s1. The number of hydrogen-bond donors (Lipinski definition) is 0. The Kier molecular flexibility index (Phi) is 5.97. The van der Waals surface area contributed by atoms with Crippen LogP contribution >= 0.6 is 0 Å². The van der Waals surface area contributed by atoms with E-state index in [9.17, 15) is 4.79 Å². The molecule has 2 aliphatic rings. The smallest absolute Gasteiger partial charge is 0.225 e. The van der Waals surface area contributed by atoms with Crippen molar-refractivity contribution in [3.8, 4) is 5.75 Å². The molecular formula is C20H30N2O3. The van der Waals surface area contributed by atoms with Gasteiger partial charge in [-0.3, -0.25) is 9.69 Å². The van der Waals surface area contributed by atoms with Gasteiger partial charge in [0.25, 0.3) is 0 Å². The number of carbonyl (C=O) groups excluding carboxylic acids is 1. The van der Waals surface area contributed by atoms with Crippen molar-refractivity contribution in [1.29, 1.82) is 0 Å². The first-order chi connectivity index (χ1) is 12.0. The Morgan fingerprint density at radius 1 is 1.20 bits per heavy atom. The van der Waals surface area contributed by atoms with Gasteiger partial charge in [0.15, 0.2) is 0 Å². The highest BCUT2D eigenvalue weighted by Gasteiger charge is 2.35. The van der Waals surface area contributed by atoms with E-state index in [1.54, 1.807) is 0 Å². The molecule has 2 saturated heterocycles. The van der Waals surface area contributed by atoms with Gasteiger partial charge in [-0.15, -0.1) is 0 Å². The van der Waals surface area contributed by atoms with E-state index in [0.29, 0.717) is 19.1 Å². The third-order valence-electron chi connectivity index (χ3n) is 5.15. The van der Waals surface area contributed by atoms with Crippen molar-refractivity contribution >= 4 is 5.91 Å². The van der Waals surface area contributed by atoms with E-state index in [-0.39, 0.29) is 11.5 Å². The van der Waals surface area contributed by atoms with Crippen LogP contribution in [0.15, 0.2) is 30.3 Å². The zero-order chi connectivity index (χ0) is 17.7. The van der Waals surface area contributed by atoms with E-state index >= 15 is 0 Å². The van der Waals surface area contributed by atoms with Gasteiger partial charge in [-0.1, -0.05) is 18.2 Å². The third kappa shape index (κ3) is 5.19. The highest BCUT2D eigenvalue weighted by Crippen LogP contribution is 2.30. The summed E-state index contributed by atoms with van der Waals surface area (Å²) >= 11 is 0. The molecule has 0 bridgehead atoms. The zero-order valence-electron chi connectivity index (χ0n) is 15.4. The van der Waals surface area contributed by atoms with Crippen molar-refractivity contribution in [3.63, 3.8) is 0 Å². The molecule has 2 fully saturated rings. The second-order valence-electron chi connectivity index (χ2n) is 7.63. The van der Waals surface area contributed by atoms with Crippen molar-refractivity contribution in [2.24, 2.45) is 5.92 Å². The lowest BCUT2D eigenvalue weighted by atomic mass is 9.87. The summed E-state index contributed by atoms with van der Waals surface area (Å²) in [7, 11) is 0. The second-order valence-corrected chi connectivity index (χ2v) is 7.63. The first-order valence-electron chi connectivity index (χ1n) is 9.36. The molecule has 2 heterocycles. The Morgan fingerprint density at radius 2 is 1.92 bits per heavy atom. The lowest BCUT2D eigenvalue weighted by molar-refractivity contribution is -0.147. The highest BCUT2D eigenvalue weighted by atomic mass is 16.5. The molecule has 0 spiro atoms. The van der Waals surface area contributed by atoms with E-state index in [1.165, 1.54) is 0 Å². The van der Waals surface area contributed by atoms with Gasteiger partial charge in [0.1, 0.15) is 12.4 Å². The summed E-state index contributed by atoms with van der Waals surface area (Å²) in [5.74, 6) is 1.35. The fraction of sp³-hybridized carbons (Fsp3) is 0.650. The van der Waals surface area contributed by atoms with Crippen LogP contribution in [0.3, 0.4) is 0 Å². The average molecular weight is 346 g/mol. The number of carbonyl (C=O) groups is 1. The second kappa shape index (κ2) is 8.19. The van der Waals surface area contributed by atoms with Crippen LogP contribution in [0.2, 0.25) is 0 Å². The Labute approximate surface area is 150 Å². The average Bonchev–Trinajstić information content (AvgIpc) is 2.62. The van der Waals surface area contributed by atoms with Crippen LogP contribution in [-0.2, 0) is 9.53 Å². The van der Waals surface area contributed by atoms with Crippen LogP contribution in [0.25, 0.3) is 0 Å². The Morgan fingerprint density at radius 3 is 2.60 bits per heavy atom. The summed E-state index contributed by atoms with van der Waals surface area (Å²) in [6.07, 6.45) is 1.68.